The average Bonchev–Trinajstić information content (AvgIpc) is 3.28. The number of allylic oxidation sites excluding steroid dienone is 3. The molecule has 2 fully saturated rings. The average molecular weight is 366 g/mol. The SMILES string of the molecule is CCC1C=C2C[C@@H](O)CC[C@]2(C)[C@H]2CC[C@]3(C)C(c4cc[nH]c4)=CC[C@H]3[C@H]12. The number of nitrogens with one attached hydrogen (secondary N) is 1. The lowest BCUT2D eigenvalue weighted by Gasteiger charge is -2.60. The van der Waals surface area contributed by atoms with E-state index in [2.05, 4.69) is 56.4 Å². The van der Waals surface area contributed by atoms with Crippen molar-refractivity contribution in [3.8, 4) is 0 Å². The molecule has 0 bridgehead atoms. The summed E-state index contributed by atoms with van der Waals surface area (Å²) in [5.41, 5.74) is 5.25. The van der Waals surface area contributed by atoms with Gasteiger partial charge in [-0.05, 0) is 96.7 Å². The molecule has 1 aromatic heterocycles. The van der Waals surface area contributed by atoms with Crippen LogP contribution in [0.4, 0.5) is 0 Å². The summed E-state index contributed by atoms with van der Waals surface area (Å²) in [4.78, 5) is 3.27. The maximum atomic E-state index is 10.3. The molecule has 0 saturated heterocycles. The van der Waals surface area contributed by atoms with Crippen molar-refractivity contribution < 1.29 is 5.11 Å². The van der Waals surface area contributed by atoms with E-state index < -0.39 is 0 Å². The Kier molecular flexibility index (Phi) is 4.03. The summed E-state index contributed by atoms with van der Waals surface area (Å²) in [6.07, 6.45) is 17.6. The summed E-state index contributed by atoms with van der Waals surface area (Å²) in [6, 6.07) is 2.26. The molecule has 5 rings (SSSR count). The molecule has 1 heterocycles. The quantitative estimate of drug-likeness (QED) is 0.623. The summed E-state index contributed by atoms with van der Waals surface area (Å²) in [6.45, 7) is 7.47. The van der Waals surface area contributed by atoms with Gasteiger partial charge in [-0.2, -0.15) is 0 Å². The fourth-order valence-corrected chi connectivity index (χ4v) is 7.70. The van der Waals surface area contributed by atoms with Crippen LogP contribution in [0.15, 0.2) is 36.2 Å². The third kappa shape index (κ3) is 2.41. The Bertz CT molecular complexity index is 774. The van der Waals surface area contributed by atoms with Gasteiger partial charge in [-0.25, -0.2) is 0 Å². The first kappa shape index (κ1) is 17.8. The lowest BCUT2D eigenvalue weighted by molar-refractivity contribution is -0.0464. The van der Waals surface area contributed by atoms with E-state index in [1.807, 2.05) is 0 Å². The van der Waals surface area contributed by atoms with Gasteiger partial charge in [-0.1, -0.05) is 38.5 Å². The predicted octanol–water partition coefficient (Wildman–Crippen LogP) is 5.97. The first-order valence-electron chi connectivity index (χ1n) is 11.2. The number of hydrogen-bond donors (Lipinski definition) is 2. The monoisotopic (exact) mass is 365 g/mol. The molecule has 27 heavy (non-hydrogen) atoms. The van der Waals surface area contributed by atoms with Gasteiger partial charge in [-0.15, -0.1) is 0 Å². The second-order valence-electron chi connectivity index (χ2n) is 10.3. The van der Waals surface area contributed by atoms with E-state index in [4.69, 9.17) is 0 Å². The second-order valence-corrected chi connectivity index (χ2v) is 10.3. The van der Waals surface area contributed by atoms with Crippen molar-refractivity contribution in [2.75, 3.05) is 0 Å². The zero-order valence-corrected chi connectivity index (χ0v) is 17.2. The number of fused-ring (bicyclic) bond motifs is 5. The van der Waals surface area contributed by atoms with Crippen LogP contribution in [-0.4, -0.2) is 16.2 Å². The molecule has 0 radical (unpaired) electrons. The molecule has 0 aliphatic heterocycles. The van der Waals surface area contributed by atoms with Crippen molar-refractivity contribution in [3.05, 3.63) is 41.7 Å². The van der Waals surface area contributed by atoms with Crippen molar-refractivity contribution in [1.82, 2.24) is 4.98 Å². The Morgan fingerprint density at radius 1 is 1.15 bits per heavy atom. The van der Waals surface area contributed by atoms with Crippen molar-refractivity contribution in [2.24, 2.45) is 34.5 Å². The van der Waals surface area contributed by atoms with Gasteiger partial charge in [0.2, 0.25) is 0 Å². The number of aliphatic hydroxyl groups is 1. The molecule has 0 amide bonds. The van der Waals surface area contributed by atoms with Crippen molar-refractivity contribution >= 4 is 5.57 Å². The Labute approximate surface area is 164 Å². The molecule has 2 heteroatoms. The highest BCUT2D eigenvalue weighted by molar-refractivity contribution is 5.72. The Morgan fingerprint density at radius 3 is 2.70 bits per heavy atom. The van der Waals surface area contributed by atoms with Crippen LogP contribution in [0.25, 0.3) is 5.57 Å². The number of aromatic amines is 1. The van der Waals surface area contributed by atoms with E-state index in [1.165, 1.54) is 37.7 Å². The molecule has 4 aliphatic carbocycles. The molecule has 146 valence electrons. The highest BCUT2D eigenvalue weighted by atomic mass is 16.3. The van der Waals surface area contributed by atoms with Gasteiger partial charge in [0.25, 0.3) is 0 Å². The van der Waals surface area contributed by atoms with Gasteiger partial charge < -0.3 is 10.1 Å². The van der Waals surface area contributed by atoms with Crippen molar-refractivity contribution in [2.45, 2.75) is 71.8 Å². The smallest absolute Gasteiger partial charge is 0.0577 e. The Morgan fingerprint density at radius 2 is 1.96 bits per heavy atom. The largest absolute Gasteiger partial charge is 0.393 e. The first-order chi connectivity index (χ1) is 13.0. The molecule has 2 saturated carbocycles. The van der Waals surface area contributed by atoms with Crippen LogP contribution in [-0.2, 0) is 0 Å². The van der Waals surface area contributed by atoms with E-state index in [0.717, 1.165) is 30.6 Å². The Balaban J connectivity index is 1.54. The van der Waals surface area contributed by atoms with E-state index in [0.29, 0.717) is 16.7 Å². The van der Waals surface area contributed by atoms with Crippen LogP contribution in [0.5, 0.6) is 0 Å². The summed E-state index contributed by atoms with van der Waals surface area (Å²) in [7, 11) is 0. The molecule has 0 aromatic carbocycles. The van der Waals surface area contributed by atoms with Crippen LogP contribution in [0.1, 0.15) is 71.3 Å². The van der Waals surface area contributed by atoms with Crippen molar-refractivity contribution in [1.29, 1.82) is 0 Å². The summed E-state index contributed by atoms with van der Waals surface area (Å²) in [5, 5.41) is 10.3. The van der Waals surface area contributed by atoms with Crippen LogP contribution in [0.2, 0.25) is 0 Å². The molecular formula is C25H35NO. The standard InChI is InChI=1S/C25H35NO/c1-4-16-13-18-14-19(27)7-10-24(18,2)22-8-11-25(3)20(17-9-12-26-15-17)5-6-21(25)23(16)22/h5,9,12-13,15-16,19,21-23,26-27H,4,6-8,10-11,14H2,1-3H3/t16?,19-,21-,22-,23-,24-,25+/m0/s1. The molecule has 1 aromatic rings. The minimum Gasteiger partial charge on any atom is -0.393 e. The maximum Gasteiger partial charge on any atom is 0.0577 e. The van der Waals surface area contributed by atoms with Gasteiger partial charge in [0.05, 0.1) is 6.10 Å². The lowest BCUT2D eigenvalue weighted by atomic mass is 9.45. The van der Waals surface area contributed by atoms with E-state index in [-0.39, 0.29) is 6.10 Å². The number of aliphatic hydroxyl groups excluding tert-OH is 1. The molecule has 4 aliphatic rings. The number of rotatable bonds is 2. The van der Waals surface area contributed by atoms with E-state index in [1.54, 1.807) is 11.1 Å². The lowest BCUT2D eigenvalue weighted by Crippen LogP contribution is -2.52. The number of aromatic nitrogens is 1. The van der Waals surface area contributed by atoms with Crippen LogP contribution in [0, 0.1) is 34.5 Å². The van der Waals surface area contributed by atoms with E-state index >= 15 is 0 Å². The van der Waals surface area contributed by atoms with Crippen LogP contribution >= 0.6 is 0 Å². The van der Waals surface area contributed by atoms with Gasteiger partial charge in [-0.3, -0.25) is 0 Å². The topological polar surface area (TPSA) is 36.0 Å². The molecule has 2 nitrogen and oxygen atoms in total. The minimum absolute atomic E-state index is 0.111. The maximum absolute atomic E-state index is 10.3. The highest BCUT2D eigenvalue weighted by Crippen LogP contribution is 2.67. The zero-order chi connectivity index (χ0) is 18.8. The minimum atomic E-state index is -0.111. The normalized spacial score (nSPS) is 46.1. The summed E-state index contributed by atoms with van der Waals surface area (Å²) < 4.78 is 0. The fraction of sp³-hybridized carbons (Fsp3) is 0.680. The van der Waals surface area contributed by atoms with Gasteiger partial charge in [0.15, 0.2) is 0 Å². The van der Waals surface area contributed by atoms with Gasteiger partial charge in [0.1, 0.15) is 0 Å². The number of H-pyrrole nitrogens is 1. The molecule has 0 spiro atoms. The Hall–Kier alpha value is -1.28. The van der Waals surface area contributed by atoms with Crippen molar-refractivity contribution in [3.63, 3.8) is 0 Å². The third-order valence-corrected chi connectivity index (χ3v) is 9.21. The molecule has 1 unspecified atom stereocenters. The second kappa shape index (κ2) is 6.11. The van der Waals surface area contributed by atoms with Crippen LogP contribution < -0.4 is 0 Å². The summed E-state index contributed by atoms with van der Waals surface area (Å²) in [5.74, 6) is 3.05. The fourth-order valence-electron chi connectivity index (χ4n) is 7.70. The van der Waals surface area contributed by atoms with Crippen LogP contribution in [0.3, 0.4) is 0 Å². The van der Waals surface area contributed by atoms with E-state index in [9.17, 15) is 5.11 Å². The van der Waals surface area contributed by atoms with Gasteiger partial charge in [0, 0.05) is 12.4 Å². The first-order valence-corrected chi connectivity index (χ1v) is 11.2. The molecular weight excluding hydrogens is 330 g/mol. The number of hydrogen-bond acceptors (Lipinski definition) is 1. The molecule has 2 N–H and O–H groups in total. The summed E-state index contributed by atoms with van der Waals surface area (Å²) >= 11 is 0. The third-order valence-electron chi connectivity index (χ3n) is 9.21. The van der Waals surface area contributed by atoms with Gasteiger partial charge >= 0.3 is 0 Å². The molecule has 7 atom stereocenters. The highest BCUT2D eigenvalue weighted by Gasteiger charge is 2.58. The zero-order valence-electron chi connectivity index (χ0n) is 17.2. The predicted molar refractivity (Wildman–Crippen MR) is 111 cm³/mol.